The van der Waals surface area contributed by atoms with Gasteiger partial charge in [0.2, 0.25) is 0 Å². The highest BCUT2D eigenvalue weighted by molar-refractivity contribution is 9.10. The van der Waals surface area contributed by atoms with Crippen LogP contribution < -0.4 is 0 Å². The van der Waals surface area contributed by atoms with Gasteiger partial charge in [0.05, 0.1) is 15.9 Å². The predicted octanol–water partition coefficient (Wildman–Crippen LogP) is 4.18. The van der Waals surface area contributed by atoms with Crippen molar-refractivity contribution in [2.24, 2.45) is 0 Å². The normalized spacial score (nSPS) is 10.2. The van der Waals surface area contributed by atoms with Crippen molar-refractivity contribution in [1.29, 1.82) is 0 Å². The van der Waals surface area contributed by atoms with Crippen LogP contribution >= 0.6 is 50.7 Å². The zero-order valence-electron chi connectivity index (χ0n) is 6.28. The van der Waals surface area contributed by atoms with Gasteiger partial charge in [-0.25, -0.2) is 0 Å². The van der Waals surface area contributed by atoms with E-state index in [0.29, 0.717) is 15.1 Å². The molecule has 1 aromatic carbocycles. The first kappa shape index (κ1) is 11.3. The van der Waals surface area contributed by atoms with Gasteiger partial charge in [0.25, 0.3) is 0 Å². The highest BCUT2D eigenvalue weighted by Gasteiger charge is 2.12. The Balaban J connectivity index is 3.28. The Morgan fingerprint density at radius 1 is 1.38 bits per heavy atom. The van der Waals surface area contributed by atoms with Gasteiger partial charge in [-0.1, -0.05) is 39.1 Å². The second-order valence-electron chi connectivity index (χ2n) is 2.31. The van der Waals surface area contributed by atoms with E-state index in [4.69, 9.17) is 34.8 Å². The SMILES string of the molecule is O=C(CCl)c1cc(Br)cc(Cl)c1Cl. The van der Waals surface area contributed by atoms with Crippen molar-refractivity contribution < 1.29 is 4.79 Å². The Kier molecular flexibility index (Phi) is 4.05. The van der Waals surface area contributed by atoms with Crippen LogP contribution in [0.5, 0.6) is 0 Å². The number of rotatable bonds is 2. The quantitative estimate of drug-likeness (QED) is 0.455. The molecule has 1 rings (SSSR count). The molecular weight excluding hydrogens is 298 g/mol. The van der Waals surface area contributed by atoms with Gasteiger partial charge < -0.3 is 0 Å². The number of halogens is 4. The Morgan fingerprint density at radius 3 is 2.54 bits per heavy atom. The number of benzene rings is 1. The molecule has 5 heteroatoms. The van der Waals surface area contributed by atoms with Gasteiger partial charge in [-0.05, 0) is 12.1 Å². The van der Waals surface area contributed by atoms with Crippen molar-refractivity contribution in [3.05, 3.63) is 32.2 Å². The molecule has 0 radical (unpaired) electrons. The maximum atomic E-state index is 11.2. The topological polar surface area (TPSA) is 17.1 Å². The van der Waals surface area contributed by atoms with E-state index < -0.39 is 0 Å². The van der Waals surface area contributed by atoms with E-state index in [0.717, 1.165) is 0 Å². The van der Waals surface area contributed by atoms with E-state index in [1.807, 2.05) is 0 Å². The standard InChI is InChI=1S/C8H4BrCl3O/c9-4-1-5(7(13)3-10)8(12)6(11)2-4/h1-2H,3H2. The monoisotopic (exact) mass is 300 g/mol. The van der Waals surface area contributed by atoms with Crippen molar-refractivity contribution in [3.8, 4) is 0 Å². The van der Waals surface area contributed by atoms with Gasteiger partial charge >= 0.3 is 0 Å². The van der Waals surface area contributed by atoms with Crippen molar-refractivity contribution in [1.82, 2.24) is 0 Å². The second-order valence-corrected chi connectivity index (χ2v) is 4.27. The summed E-state index contributed by atoms with van der Waals surface area (Å²) in [6.07, 6.45) is 0. The van der Waals surface area contributed by atoms with E-state index >= 15 is 0 Å². The molecule has 0 aliphatic rings. The third-order valence-corrected chi connectivity index (χ3v) is 2.92. The maximum absolute atomic E-state index is 11.2. The first-order valence-electron chi connectivity index (χ1n) is 3.30. The summed E-state index contributed by atoms with van der Waals surface area (Å²) in [7, 11) is 0. The fourth-order valence-corrected chi connectivity index (χ4v) is 2.00. The van der Waals surface area contributed by atoms with Crippen LogP contribution in [0.2, 0.25) is 10.0 Å². The molecule has 0 fully saturated rings. The molecule has 0 aromatic heterocycles. The van der Waals surface area contributed by atoms with Crippen molar-refractivity contribution >= 4 is 56.5 Å². The molecule has 1 nitrogen and oxygen atoms in total. The van der Waals surface area contributed by atoms with Crippen molar-refractivity contribution in [3.63, 3.8) is 0 Å². The Morgan fingerprint density at radius 2 is 2.00 bits per heavy atom. The number of carbonyl (C=O) groups excluding carboxylic acids is 1. The minimum atomic E-state index is -0.241. The molecule has 0 heterocycles. The number of hydrogen-bond donors (Lipinski definition) is 0. The predicted molar refractivity (Wildman–Crippen MR) is 59.2 cm³/mol. The third kappa shape index (κ3) is 2.59. The average molecular weight is 302 g/mol. The highest BCUT2D eigenvalue weighted by atomic mass is 79.9. The molecule has 0 N–H and O–H groups in total. The molecule has 0 aliphatic carbocycles. The van der Waals surface area contributed by atoms with Gasteiger partial charge in [0.1, 0.15) is 0 Å². The van der Waals surface area contributed by atoms with Crippen LogP contribution in [0.25, 0.3) is 0 Å². The first-order chi connectivity index (χ1) is 6.06. The van der Waals surface area contributed by atoms with E-state index in [1.165, 1.54) is 0 Å². The second kappa shape index (κ2) is 4.65. The fourth-order valence-electron chi connectivity index (χ4n) is 0.831. The van der Waals surface area contributed by atoms with Crippen LogP contribution in [0.15, 0.2) is 16.6 Å². The van der Waals surface area contributed by atoms with Crippen LogP contribution in [0, 0.1) is 0 Å². The van der Waals surface area contributed by atoms with Gasteiger partial charge in [-0.3, -0.25) is 4.79 Å². The zero-order chi connectivity index (χ0) is 10.0. The largest absolute Gasteiger partial charge is 0.293 e. The van der Waals surface area contributed by atoms with Gasteiger partial charge in [-0.2, -0.15) is 0 Å². The Labute approximate surface area is 99.1 Å². The summed E-state index contributed by atoms with van der Waals surface area (Å²) in [4.78, 5) is 11.2. The lowest BCUT2D eigenvalue weighted by Gasteiger charge is -2.03. The van der Waals surface area contributed by atoms with Crippen molar-refractivity contribution in [2.75, 3.05) is 5.88 Å². The summed E-state index contributed by atoms with van der Waals surface area (Å²) in [5, 5.41) is 0.583. The highest BCUT2D eigenvalue weighted by Crippen LogP contribution is 2.30. The minimum Gasteiger partial charge on any atom is -0.293 e. The summed E-state index contributed by atoms with van der Waals surface area (Å²) in [6, 6.07) is 3.22. The van der Waals surface area contributed by atoms with E-state index in [1.54, 1.807) is 12.1 Å². The van der Waals surface area contributed by atoms with Crippen LogP contribution in [0.1, 0.15) is 10.4 Å². The van der Waals surface area contributed by atoms with Crippen LogP contribution in [0.4, 0.5) is 0 Å². The molecule has 1 aromatic rings. The van der Waals surface area contributed by atoms with Crippen molar-refractivity contribution in [2.45, 2.75) is 0 Å². The van der Waals surface area contributed by atoms with E-state index in [-0.39, 0.29) is 16.7 Å². The molecule has 13 heavy (non-hydrogen) atoms. The zero-order valence-corrected chi connectivity index (χ0v) is 10.1. The summed E-state index contributed by atoms with van der Waals surface area (Å²) < 4.78 is 0.704. The molecular formula is C8H4BrCl3O. The molecule has 0 saturated heterocycles. The smallest absolute Gasteiger partial charge is 0.179 e. The van der Waals surface area contributed by atoms with Crippen LogP contribution in [0.3, 0.4) is 0 Å². The first-order valence-corrected chi connectivity index (χ1v) is 5.38. The molecule has 0 aliphatic heterocycles. The Bertz CT molecular complexity index is 351. The third-order valence-electron chi connectivity index (χ3n) is 1.41. The molecule has 0 unspecified atom stereocenters. The summed E-state index contributed by atoms with van der Waals surface area (Å²) in [5.41, 5.74) is 0.344. The molecule has 0 atom stereocenters. The van der Waals surface area contributed by atoms with Gasteiger partial charge in [0.15, 0.2) is 5.78 Å². The van der Waals surface area contributed by atoms with E-state index in [9.17, 15) is 4.79 Å². The lowest BCUT2D eigenvalue weighted by atomic mass is 10.1. The van der Waals surface area contributed by atoms with Gasteiger partial charge in [0, 0.05) is 10.0 Å². The number of hydrogen-bond acceptors (Lipinski definition) is 1. The maximum Gasteiger partial charge on any atom is 0.179 e. The minimum absolute atomic E-state index is 0.105. The number of alkyl halides is 1. The van der Waals surface area contributed by atoms with Crippen LogP contribution in [-0.4, -0.2) is 11.7 Å². The number of Topliss-reactive ketones (excluding diaryl/α,β-unsaturated/α-hetero) is 1. The molecule has 0 bridgehead atoms. The lowest BCUT2D eigenvalue weighted by molar-refractivity contribution is 0.102. The van der Waals surface area contributed by atoms with Crippen LogP contribution in [-0.2, 0) is 0 Å². The lowest BCUT2D eigenvalue weighted by Crippen LogP contribution is -2.01. The Hall–Kier alpha value is 0.240. The summed E-state index contributed by atoms with van der Waals surface area (Å²) >= 11 is 20.2. The number of ketones is 1. The molecule has 0 spiro atoms. The van der Waals surface area contributed by atoms with E-state index in [2.05, 4.69) is 15.9 Å². The average Bonchev–Trinajstić information content (AvgIpc) is 2.10. The summed E-state index contributed by atoms with van der Waals surface area (Å²) in [5.74, 6) is -0.346. The number of carbonyl (C=O) groups is 1. The fraction of sp³-hybridized carbons (Fsp3) is 0.125. The summed E-state index contributed by atoms with van der Waals surface area (Å²) in [6.45, 7) is 0. The van der Waals surface area contributed by atoms with Gasteiger partial charge in [-0.15, -0.1) is 11.6 Å². The molecule has 0 amide bonds. The molecule has 0 saturated carbocycles. The molecule has 70 valence electrons.